The van der Waals surface area contributed by atoms with E-state index in [4.69, 9.17) is 4.74 Å². The Balaban J connectivity index is 2.03. The van der Waals surface area contributed by atoms with Crippen molar-refractivity contribution in [3.05, 3.63) is 52.6 Å². The van der Waals surface area contributed by atoms with Crippen molar-refractivity contribution < 1.29 is 13.5 Å². The van der Waals surface area contributed by atoms with E-state index in [1.165, 1.54) is 5.56 Å². The van der Waals surface area contributed by atoms with Gasteiger partial charge in [-0.25, -0.2) is 4.39 Å². The van der Waals surface area contributed by atoms with Gasteiger partial charge in [0.1, 0.15) is 0 Å². The number of hydrogen-bond donors (Lipinski definition) is 0. The summed E-state index contributed by atoms with van der Waals surface area (Å²) < 4.78 is 34.0. The summed E-state index contributed by atoms with van der Waals surface area (Å²) in [7, 11) is 0. The average molecular weight is 302 g/mol. The Labute approximate surface area is 129 Å². The highest BCUT2D eigenvalue weighted by Crippen LogP contribution is 2.42. The monoisotopic (exact) mass is 302 g/mol. The summed E-state index contributed by atoms with van der Waals surface area (Å²) in [6.45, 7) is 4.46. The molecular formula is C19H20F2O. The van der Waals surface area contributed by atoms with E-state index in [0.717, 1.165) is 36.0 Å². The van der Waals surface area contributed by atoms with Crippen LogP contribution in [0.3, 0.4) is 0 Å². The normalized spacial score (nSPS) is 12.2. The fourth-order valence-electron chi connectivity index (χ4n) is 3.09. The number of benzene rings is 2. The first-order valence-corrected chi connectivity index (χ1v) is 7.91. The molecule has 0 atom stereocenters. The van der Waals surface area contributed by atoms with Crippen LogP contribution in [0.25, 0.3) is 11.1 Å². The summed E-state index contributed by atoms with van der Waals surface area (Å²) in [5.41, 5.74) is 4.35. The van der Waals surface area contributed by atoms with Crippen molar-refractivity contribution in [1.29, 1.82) is 0 Å². The Bertz CT molecular complexity index is 707. The molecule has 3 heteroatoms. The number of rotatable bonds is 5. The predicted molar refractivity (Wildman–Crippen MR) is 84.4 cm³/mol. The summed E-state index contributed by atoms with van der Waals surface area (Å²) in [6, 6.07) is 7.70. The molecule has 0 radical (unpaired) electrons. The molecule has 0 fully saturated rings. The second-order valence-corrected chi connectivity index (χ2v) is 5.80. The second-order valence-electron chi connectivity index (χ2n) is 5.80. The van der Waals surface area contributed by atoms with Crippen LogP contribution in [0.4, 0.5) is 8.78 Å². The first kappa shape index (κ1) is 15.0. The van der Waals surface area contributed by atoms with Crippen molar-refractivity contribution in [2.45, 2.75) is 39.5 Å². The smallest absolute Gasteiger partial charge is 0.201 e. The van der Waals surface area contributed by atoms with Crippen molar-refractivity contribution in [3.63, 3.8) is 0 Å². The lowest BCUT2D eigenvalue weighted by Gasteiger charge is -2.10. The van der Waals surface area contributed by atoms with Crippen LogP contribution in [0.1, 0.15) is 43.4 Å². The third-order valence-corrected chi connectivity index (χ3v) is 4.08. The molecule has 0 aliphatic heterocycles. The van der Waals surface area contributed by atoms with Crippen LogP contribution in [0.15, 0.2) is 24.3 Å². The van der Waals surface area contributed by atoms with Crippen LogP contribution < -0.4 is 4.74 Å². The Hall–Kier alpha value is -1.90. The van der Waals surface area contributed by atoms with E-state index >= 15 is 0 Å². The lowest BCUT2D eigenvalue weighted by Crippen LogP contribution is -2.01. The van der Waals surface area contributed by atoms with Crippen molar-refractivity contribution in [2.24, 2.45) is 0 Å². The van der Waals surface area contributed by atoms with Gasteiger partial charge in [-0.05, 0) is 47.6 Å². The Kier molecular flexibility index (Phi) is 4.14. The molecule has 0 spiro atoms. The van der Waals surface area contributed by atoms with Gasteiger partial charge in [0, 0.05) is 5.56 Å². The van der Waals surface area contributed by atoms with Crippen LogP contribution in [0.2, 0.25) is 0 Å². The molecular weight excluding hydrogens is 282 g/mol. The molecule has 0 saturated carbocycles. The van der Waals surface area contributed by atoms with E-state index < -0.39 is 11.6 Å². The first-order valence-electron chi connectivity index (χ1n) is 7.91. The zero-order valence-corrected chi connectivity index (χ0v) is 13.0. The van der Waals surface area contributed by atoms with Crippen molar-refractivity contribution in [2.75, 3.05) is 6.61 Å². The number of hydrogen-bond acceptors (Lipinski definition) is 1. The molecule has 0 heterocycles. The highest BCUT2D eigenvalue weighted by Gasteiger charge is 2.27. The standard InChI is InChI=1S/C19H20F2O/c1-3-5-12-6-7-15-13(9-12)10-14-11-16(22-8-4-2)18(20)19(21)17(14)15/h6-7,9,11H,3-5,8,10H2,1-2H3. The van der Waals surface area contributed by atoms with Gasteiger partial charge in [0.15, 0.2) is 11.6 Å². The summed E-state index contributed by atoms with van der Waals surface area (Å²) in [4.78, 5) is 0. The molecule has 0 amide bonds. The van der Waals surface area contributed by atoms with Gasteiger partial charge in [0.05, 0.1) is 6.61 Å². The van der Waals surface area contributed by atoms with E-state index in [2.05, 4.69) is 13.0 Å². The quantitative estimate of drug-likeness (QED) is 0.623. The molecule has 1 aliphatic rings. The van der Waals surface area contributed by atoms with Gasteiger partial charge in [-0.2, -0.15) is 4.39 Å². The van der Waals surface area contributed by atoms with E-state index in [0.29, 0.717) is 18.6 Å². The largest absolute Gasteiger partial charge is 0.490 e. The van der Waals surface area contributed by atoms with E-state index in [9.17, 15) is 8.78 Å². The molecule has 2 aromatic carbocycles. The zero-order valence-electron chi connectivity index (χ0n) is 13.0. The molecule has 2 aromatic rings. The second kappa shape index (κ2) is 6.07. The maximum Gasteiger partial charge on any atom is 0.201 e. The van der Waals surface area contributed by atoms with Gasteiger partial charge in [0.25, 0.3) is 0 Å². The zero-order chi connectivity index (χ0) is 15.7. The SMILES string of the molecule is CCCOc1cc2c(c(F)c1F)-c1ccc(CCC)cc1C2. The lowest BCUT2D eigenvalue weighted by atomic mass is 10.0. The van der Waals surface area contributed by atoms with Crippen molar-refractivity contribution in [3.8, 4) is 16.9 Å². The number of aryl methyl sites for hydroxylation is 1. The molecule has 22 heavy (non-hydrogen) atoms. The molecule has 0 aromatic heterocycles. The molecule has 116 valence electrons. The minimum atomic E-state index is -0.877. The maximum atomic E-state index is 14.5. The molecule has 3 rings (SSSR count). The Morgan fingerprint density at radius 3 is 2.55 bits per heavy atom. The minimum Gasteiger partial charge on any atom is -0.490 e. The van der Waals surface area contributed by atoms with Crippen molar-refractivity contribution in [1.82, 2.24) is 0 Å². The number of fused-ring (bicyclic) bond motifs is 3. The Morgan fingerprint density at radius 1 is 1.00 bits per heavy atom. The fraction of sp³-hybridized carbons (Fsp3) is 0.368. The topological polar surface area (TPSA) is 9.23 Å². The molecule has 0 bridgehead atoms. The number of ether oxygens (including phenoxy) is 1. The average Bonchev–Trinajstić information content (AvgIpc) is 2.87. The van der Waals surface area contributed by atoms with E-state index in [1.807, 2.05) is 19.1 Å². The van der Waals surface area contributed by atoms with Gasteiger partial charge < -0.3 is 4.74 Å². The van der Waals surface area contributed by atoms with Crippen LogP contribution in [0.5, 0.6) is 5.75 Å². The minimum absolute atomic E-state index is 0.0275. The highest BCUT2D eigenvalue weighted by atomic mass is 19.2. The summed E-state index contributed by atoms with van der Waals surface area (Å²) in [5, 5.41) is 0. The Morgan fingerprint density at radius 2 is 1.82 bits per heavy atom. The lowest BCUT2D eigenvalue weighted by molar-refractivity contribution is 0.295. The summed E-state index contributed by atoms with van der Waals surface area (Å²) in [5.74, 6) is -1.64. The van der Waals surface area contributed by atoms with E-state index in [-0.39, 0.29) is 5.75 Å². The third-order valence-electron chi connectivity index (χ3n) is 4.08. The van der Waals surface area contributed by atoms with Crippen LogP contribution in [-0.2, 0) is 12.8 Å². The first-order chi connectivity index (χ1) is 10.7. The fourth-order valence-corrected chi connectivity index (χ4v) is 3.09. The van der Waals surface area contributed by atoms with Crippen LogP contribution in [0, 0.1) is 11.6 Å². The molecule has 0 saturated heterocycles. The van der Waals surface area contributed by atoms with Gasteiger partial charge >= 0.3 is 0 Å². The summed E-state index contributed by atoms with van der Waals surface area (Å²) in [6.07, 6.45) is 3.48. The van der Waals surface area contributed by atoms with Gasteiger partial charge in [-0.1, -0.05) is 38.5 Å². The molecule has 0 N–H and O–H groups in total. The summed E-state index contributed by atoms with van der Waals surface area (Å²) >= 11 is 0. The molecule has 1 aliphatic carbocycles. The third kappa shape index (κ3) is 2.49. The maximum absolute atomic E-state index is 14.5. The van der Waals surface area contributed by atoms with Gasteiger partial charge in [-0.15, -0.1) is 0 Å². The molecule has 1 nitrogen and oxygen atoms in total. The van der Waals surface area contributed by atoms with Gasteiger partial charge in [0.2, 0.25) is 5.82 Å². The van der Waals surface area contributed by atoms with Crippen molar-refractivity contribution >= 4 is 0 Å². The molecule has 0 unspecified atom stereocenters. The van der Waals surface area contributed by atoms with Crippen LogP contribution >= 0.6 is 0 Å². The number of halogens is 2. The van der Waals surface area contributed by atoms with E-state index in [1.54, 1.807) is 6.07 Å². The van der Waals surface area contributed by atoms with Crippen LogP contribution in [-0.4, -0.2) is 6.61 Å². The predicted octanol–water partition coefficient (Wildman–Crippen LogP) is 5.28. The highest BCUT2D eigenvalue weighted by molar-refractivity contribution is 5.78. The van der Waals surface area contributed by atoms with Gasteiger partial charge in [-0.3, -0.25) is 0 Å².